The average Bonchev–Trinajstić information content (AvgIpc) is 3.19. The lowest BCUT2D eigenvalue weighted by molar-refractivity contribution is -0.145. The number of carbonyl (C=O) groups excluding carboxylic acids is 4. The SMILES string of the molecule is COC(=O)C(CC(C)C)C[P+](=O)OC(CC1CCCCC1)NC(=O)[C@H](CCCCN)N(C(=O)OCc1ccccc1)C(=O)C(N)Cc1cccc2ccccc12. The number of methoxy groups -OCH3 is 1. The molecule has 0 saturated heterocycles. The molecule has 0 spiro atoms. The van der Waals surface area contributed by atoms with E-state index >= 15 is 0 Å². The first-order valence-corrected chi connectivity index (χ1v) is 21.3. The summed E-state index contributed by atoms with van der Waals surface area (Å²) in [7, 11) is -1.12. The number of fused-ring (bicyclic) bond motifs is 1. The Morgan fingerprint density at radius 3 is 2.32 bits per heavy atom. The molecule has 1 saturated carbocycles. The zero-order valence-corrected chi connectivity index (χ0v) is 34.0. The Hall–Kier alpha value is -4.22. The number of nitrogens with two attached hydrogens (primary N) is 2. The maximum atomic E-state index is 14.5. The first kappa shape index (κ1) is 44.5. The molecule has 1 fully saturated rings. The van der Waals surface area contributed by atoms with Gasteiger partial charge >= 0.3 is 20.1 Å². The van der Waals surface area contributed by atoms with Crippen LogP contribution >= 0.6 is 8.03 Å². The van der Waals surface area contributed by atoms with Gasteiger partial charge in [0.1, 0.15) is 18.6 Å². The van der Waals surface area contributed by atoms with Crippen molar-refractivity contribution >= 4 is 42.7 Å². The number of hydrogen-bond donors (Lipinski definition) is 3. The highest BCUT2D eigenvalue weighted by molar-refractivity contribution is 7.39. The number of nitrogens with zero attached hydrogens (tertiary/aromatic N) is 1. The third-order valence-electron chi connectivity index (χ3n) is 10.3. The van der Waals surface area contributed by atoms with Crippen molar-refractivity contribution in [1.29, 1.82) is 0 Å². The Kier molecular flexibility index (Phi) is 18.4. The molecule has 3 aromatic rings. The van der Waals surface area contributed by atoms with Crippen molar-refractivity contribution in [2.24, 2.45) is 29.2 Å². The van der Waals surface area contributed by atoms with Gasteiger partial charge < -0.3 is 26.3 Å². The normalized spacial score (nSPS) is 15.7. The van der Waals surface area contributed by atoms with E-state index in [4.69, 9.17) is 25.5 Å². The number of hydrogen-bond acceptors (Lipinski definition) is 10. The number of esters is 1. The number of benzene rings is 3. The maximum Gasteiger partial charge on any atom is 0.511 e. The van der Waals surface area contributed by atoms with Gasteiger partial charge in [-0.3, -0.25) is 14.4 Å². The van der Waals surface area contributed by atoms with E-state index in [2.05, 4.69) is 5.32 Å². The van der Waals surface area contributed by atoms with Crippen LogP contribution in [-0.2, 0) is 46.0 Å². The van der Waals surface area contributed by atoms with E-state index in [-0.39, 0.29) is 37.4 Å². The molecule has 3 amide bonds. The van der Waals surface area contributed by atoms with Crippen LogP contribution in [0, 0.1) is 17.8 Å². The van der Waals surface area contributed by atoms with E-state index in [9.17, 15) is 23.7 Å². The van der Waals surface area contributed by atoms with Crippen LogP contribution in [0.25, 0.3) is 10.8 Å². The van der Waals surface area contributed by atoms with Gasteiger partial charge in [-0.05, 0) is 83.4 Å². The number of carbonyl (C=O) groups is 4. The molecular weight excluding hydrogens is 731 g/mol. The smallest absolute Gasteiger partial charge is 0.469 e. The van der Waals surface area contributed by atoms with Gasteiger partial charge in [0.2, 0.25) is 11.8 Å². The van der Waals surface area contributed by atoms with Crippen molar-refractivity contribution in [3.63, 3.8) is 0 Å². The van der Waals surface area contributed by atoms with E-state index in [1.165, 1.54) is 7.11 Å². The van der Waals surface area contributed by atoms with E-state index < -0.39 is 56.1 Å². The first-order valence-electron chi connectivity index (χ1n) is 20.0. The Labute approximate surface area is 332 Å². The highest BCUT2D eigenvalue weighted by Crippen LogP contribution is 2.35. The van der Waals surface area contributed by atoms with E-state index in [1.54, 1.807) is 12.1 Å². The van der Waals surface area contributed by atoms with Crippen LogP contribution in [0.5, 0.6) is 0 Å². The fourth-order valence-corrected chi connectivity index (χ4v) is 8.61. The molecule has 304 valence electrons. The summed E-state index contributed by atoms with van der Waals surface area (Å²) >= 11 is 0. The Morgan fingerprint density at radius 1 is 0.929 bits per heavy atom. The van der Waals surface area contributed by atoms with Crippen LogP contribution in [0.2, 0.25) is 0 Å². The number of rotatable bonds is 21. The minimum absolute atomic E-state index is 0.0728. The highest BCUT2D eigenvalue weighted by atomic mass is 31.1. The van der Waals surface area contributed by atoms with Crippen LogP contribution in [0.1, 0.15) is 89.2 Å². The summed E-state index contributed by atoms with van der Waals surface area (Å²) in [5.74, 6) is -2.21. The van der Waals surface area contributed by atoms with Crippen molar-refractivity contribution < 1.29 is 37.7 Å². The Bertz CT molecular complexity index is 1730. The van der Waals surface area contributed by atoms with Crippen LogP contribution in [0.15, 0.2) is 72.8 Å². The van der Waals surface area contributed by atoms with E-state index in [0.29, 0.717) is 37.8 Å². The lowest BCUT2D eigenvalue weighted by atomic mass is 9.86. The van der Waals surface area contributed by atoms with Gasteiger partial charge in [0.15, 0.2) is 12.4 Å². The zero-order chi connectivity index (χ0) is 40.5. The molecule has 13 heteroatoms. The number of imide groups is 1. The van der Waals surface area contributed by atoms with Crippen LogP contribution < -0.4 is 16.8 Å². The molecule has 56 heavy (non-hydrogen) atoms. The summed E-state index contributed by atoms with van der Waals surface area (Å²) in [4.78, 5) is 56.5. The molecule has 0 aromatic heterocycles. The lowest BCUT2D eigenvalue weighted by Crippen LogP contribution is -2.58. The molecule has 12 nitrogen and oxygen atoms in total. The third-order valence-corrected chi connectivity index (χ3v) is 11.5. The van der Waals surface area contributed by atoms with Crippen molar-refractivity contribution in [1.82, 2.24) is 10.2 Å². The zero-order valence-electron chi connectivity index (χ0n) is 33.1. The number of nitrogens with one attached hydrogen (secondary N) is 1. The molecule has 3 aromatic carbocycles. The standard InChI is InChI=1S/C43H59N4O8P/c1-30(2)25-35(42(50)53-3)29-56(52)55-39(26-31-15-6-4-7-16-31)46-40(48)38(23-12-13-24-44)47(43(51)54-28-32-17-8-5-9-18-32)41(49)37(45)27-34-21-14-20-33-19-10-11-22-36(33)34/h5,8-11,14,17-22,30-31,35,37-39H,4,6-7,12-13,15-16,23-29,44-45H2,1-3H3/p+1/t35?,37?,38-,39?/m0/s1. The van der Waals surface area contributed by atoms with Crippen molar-refractivity contribution in [3.05, 3.63) is 83.9 Å². The lowest BCUT2D eigenvalue weighted by Gasteiger charge is -2.32. The third kappa shape index (κ3) is 13.8. The van der Waals surface area contributed by atoms with E-state index in [1.807, 2.05) is 74.5 Å². The predicted molar refractivity (Wildman–Crippen MR) is 217 cm³/mol. The van der Waals surface area contributed by atoms with Gasteiger partial charge in [0, 0.05) is 0 Å². The Morgan fingerprint density at radius 2 is 1.62 bits per heavy atom. The minimum Gasteiger partial charge on any atom is -0.469 e. The number of amides is 3. The average molecular weight is 792 g/mol. The largest absolute Gasteiger partial charge is 0.511 e. The van der Waals surface area contributed by atoms with Crippen molar-refractivity contribution in [2.75, 3.05) is 19.8 Å². The van der Waals surface area contributed by atoms with Crippen LogP contribution in [0.3, 0.4) is 0 Å². The van der Waals surface area contributed by atoms with Gasteiger partial charge in [-0.1, -0.05) is 119 Å². The van der Waals surface area contributed by atoms with Gasteiger partial charge in [0.25, 0.3) is 0 Å². The van der Waals surface area contributed by atoms with Gasteiger partial charge in [-0.2, -0.15) is 0 Å². The molecular formula is C43H60N4O8P+. The Balaban J connectivity index is 1.65. The molecule has 0 radical (unpaired) electrons. The molecule has 0 bridgehead atoms. The second-order valence-electron chi connectivity index (χ2n) is 15.2. The van der Waals surface area contributed by atoms with Gasteiger partial charge in [-0.25, -0.2) is 9.69 Å². The molecule has 1 aliphatic carbocycles. The summed E-state index contributed by atoms with van der Waals surface area (Å²) in [6.45, 7) is 4.14. The van der Waals surface area contributed by atoms with Crippen LogP contribution in [0.4, 0.5) is 4.79 Å². The topological polar surface area (TPSA) is 180 Å². The van der Waals surface area contributed by atoms with Crippen molar-refractivity contribution in [2.45, 2.75) is 109 Å². The second-order valence-corrected chi connectivity index (χ2v) is 16.4. The summed E-state index contributed by atoms with van der Waals surface area (Å²) in [5, 5.41) is 4.82. The predicted octanol–water partition coefficient (Wildman–Crippen LogP) is 7.38. The summed E-state index contributed by atoms with van der Waals surface area (Å²) in [5.41, 5.74) is 14.0. The summed E-state index contributed by atoms with van der Waals surface area (Å²) in [6.07, 6.45) is 4.90. The summed E-state index contributed by atoms with van der Waals surface area (Å²) in [6, 6.07) is 20.0. The van der Waals surface area contributed by atoms with Crippen LogP contribution in [-0.4, -0.2) is 66.9 Å². The van der Waals surface area contributed by atoms with E-state index in [0.717, 1.165) is 53.3 Å². The summed E-state index contributed by atoms with van der Waals surface area (Å²) < 4.78 is 30.4. The monoisotopic (exact) mass is 791 g/mol. The number of ether oxygens (including phenoxy) is 2. The molecule has 4 rings (SSSR count). The molecule has 1 aliphatic rings. The van der Waals surface area contributed by atoms with Gasteiger partial charge in [-0.15, -0.1) is 4.52 Å². The molecule has 0 aliphatic heterocycles. The highest BCUT2D eigenvalue weighted by Gasteiger charge is 2.41. The molecule has 5 N–H and O–H groups in total. The van der Waals surface area contributed by atoms with Crippen molar-refractivity contribution in [3.8, 4) is 0 Å². The molecule has 5 atom stereocenters. The first-order chi connectivity index (χ1) is 27.0. The second kappa shape index (κ2) is 23.1. The fourth-order valence-electron chi connectivity index (χ4n) is 7.45. The number of unbranched alkanes of at least 4 members (excludes halogenated alkanes) is 1. The molecule has 0 heterocycles. The maximum absolute atomic E-state index is 14.5. The molecule has 4 unspecified atom stereocenters. The fraction of sp³-hybridized carbons (Fsp3) is 0.535. The minimum atomic E-state index is -2.42. The van der Waals surface area contributed by atoms with Gasteiger partial charge in [0.05, 0.1) is 13.2 Å². The quantitative estimate of drug-likeness (QED) is 0.0426.